The largest absolute Gasteiger partial charge is 0.355 e. The zero-order chi connectivity index (χ0) is 14.8. The predicted octanol–water partition coefficient (Wildman–Crippen LogP) is 0.450. The van der Waals surface area contributed by atoms with Crippen molar-refractivity contribution in [3.63, 3.8) is 0 Å². The molecular formula is C13H20ClN3O3S. The number of carbonyl (C=O) groups is 1. The zero-order valence-electron chi connectivity index (χ0n) is 12.0. The normalized spacial score (nSPS) is 19.6. The lowest BCUT2D eigenvalue weighted by Gasteiger charge is -2.32. The van der Waals surface area contributed by atoms with E-state index in [1.165, 1.54) is 35.6 Å². The van der Waals surface area contributed by atoms with E-state index < -0.39 is 10.0 Å². The Morgan fingerprint density at radius 1 is 1.33 bits per heavy atom. The van der Waals surface area contributed by atoms with Crippen LogP contribution >= 0.6 is 12.4 Å². The van der Waals surface area contributed by atoms with E-state index >= 15 is 0 Å². The van der Waals surface area contributed by atoms with Crippen LogP contribution < -0.4 is 10.6 Å². The number of piperazine rings is 1. The average molecular weight is 334 g/mol. The molecule has 2 N–H and O–H groups in total. The molecule has 1 amide bonds. The summed E-state index contributed by atoms with van der Waals surface area (Å²) in [6.07, 6.45) is 0. The van der Waals surface area contributed by atoms with Crippen molar-refractivity contribution in [2.75, 3.05) is 26.7 Å². The van der Waals surface area contributed by atoms with Gasteiger partial charge in [0.2, 0.25) is 10.0 Å². The van der Waals surface area contributed by atoms with E-state index in [0.29, 0.717) is 25.2 Å². The number of sulfonamides is 1. The fourth-order valence-corrected chi connectivity index (χ4v) is 3.87. The summed E-state index contributed by atoms with van der Waals surface area (Å²) in [5.74, 6) is -0.232. The third-order valence-electron chi connectivity index (χ3n) is 3.39. The van der Waals surface area contributed by atoms with E-state index in [4.69, 9.17) is 0 Å². The molecule has 2 rings (SSSR count). The van der Waals surface area contributed by atoms with Crippen molar-refractivity contribution < 1.29 is 13.2 Å². The first-order valence-electron chi connectivity index (χ1n) is 6.51. The molecule has 1 heterocycles. The first-order chi connectivity index (χ1) is 9.46. The van der Waals surface area contributed by atoms with Gasteiger partial charge in [0.1, 0.15) is 0 Å². The van der Waals surface area contributed by atoms with Crippen LogP contribution in [0.4, 0.5) is 0 Å². The molecule has 0 unspecified atom stereocenters. The molecule has 0 saturated carbocycles. The smallest absolute Gasteiger partial charge is 0.251 e. The van der Waals surface area contributed by atoms with E-state index in [1.54, 1.807) is 0 Å². The molecule has 0 aromatic heterocycles. The van der Waals surface area contributed by atoms with Gasteiger partial charge in [-0.1, -0.05) is 0 Å². The van der Waals surface area contributed by atoms with Gasteiger partial charge in [0.15, 0.2) is 0 Å². The maximum absolute atomic E-state index is 12.5. The van der Waals surface area contributed by atoms with E-state index in [2.05, 4.69) is 10.6 Å². The summed E-state index contributed by atoms with van der Waals surface area (Å²) >= 11 is 0. The molecule has 0 aliphatic carbocycles. The van der Waals surface area contributed by atoms with E-state index in [0.717, 1.165) is 0 Å². The molecule has 1 aliphatic rings. The Kier molecular flexibility index (Phi) is 6.15. The minimum absolute atomic E-state index is 0. The summed E-state index contributed by atoms with van der Waals surface area (Å²) in [6.45, 7) is 3.64. The Labute approximate surface area is 131 Å². The molecule has 1 aliphatic heterocycles. The number of amides is 1. The number of halogens is 1. The number of benzene rings is 1. The minimum atomic E-state index is -3.50. The summed E-state index contributed by atoms with van der Waals surface area (Å²) in [4.78, 5) is 11.7. The number of rotatable bonds is 3. The molecule has 1 aromatic carbocycles. The van der Waals surface area contributed by atoms with Crippen LogP contribution in [-0.4, -0.2) is 51.4 Å². The van der Waals surface area contributed by atoms with Crippen molar-refractivity contribution in [1.82, 2.24) is 14.9 Å². The zero-order valence-corrected chi connectivity index (χ0v) is 13.6. The van der Waals surface area contributed by atoms with E-state index in [-0.39, 0.29) is 29.3 Å². The van der Waals surface area contributed by atoms with E-state index in [9.17, 15) is 13.2 Å². The molecule has 6 nitrogen and oxygen atoms in total. The average Bonchev–Trinajstić information content (AvgIpc) is 2.47. The van der Waals surface area contributed by atoms with Crippen molar-refractivity contribution >= 4 is 28.3 Å². The third kappa shape index (κ3) is 3.74. The molecular weight excluding hydrogens is 314 g/mol. The summed E-state index contributed by atoms with van der Waals surface area (Å²) in [5.41, 5.74) is 0.444. The van der Waals surface area contributed by atoms with Gasteiger partial charge in [-0.2, -0.15) is 4.31 Å². The Balaban J connectivity index is 0.00000220. The highest BCUT2D eigenvalue weighted by Crippen LogP contribution is 2.19. The van der Waals surface area contributed by atoms with Crippen molar-refractivity contribution in [3.05, 3.63) is 29.8 Å². The molecule has 0 radical (unpaired) electrons. The van der Waals surface area contributed by atoms with Gasteiger partial charge in [-0.05, 0) is 31.2 Å². The highest BCUT2D eigenvalue weighted by Gasteiger charge is 2.30. The lowest BCUT2D eigenvalue weighted by atomic mass is 10.2. The van der Waals surface area contributed by atoms with Crippen LogP contribution in [0.2, 0.25) is 0 Å². The molecule has 1 aromatic rings. The summed E-state index contributed by atoms with van der Waals surface area (Å²) < 4.78 is 26.6. The van der Waals surface area contributed by atoms with Gasteiger partial charge in [-0.15, -0.1) is 12.4 Å². The first-order valence-corrected chi connectivity index (χ1v) is 7.95. The molecule has 8 heteroatoms. The molecule has 1 fully saturated rings. The van der Waals surface area contributed by atoms with Crippen molar-refractivity contribution in [1.29, 1.82) is 0 Å². The van der Waals surface area contributed by atoms with Gasteiger partial charge in [0.25, 0.3) is 5.91 Å². The van der Waals surface area contributed by atoms with Gasteiger partial charge in [-0.25, -0.2) is 8.42 Å². The Morgan fingerprint density at radius 2 is 1.95 bits per heavy atom. The quantitative estimate of drug-likeness (QED) is 0.842. The summed E-state index contributed by atoms with van der Waals surface area (Å²) in [5, 5.41) is 5.66. The van der Waals surface area contributed by atoms with Crippen LogP contribution in [0, 0.1) is 0 Å². The molecule has 0 bridgehead atoms. The topological polar surface area (TPSA) is 78.5 Å². The molecule has 1 saturated heterocycles. The van der Waals surface area contributed by atoms with Crippen LogP contribution in [-0.2, 0) is 10.0 Å². The maximum Gasteiger partial charge on any atom is 0.251 e. The van der Waals surface area contributed by atoms with Gasteiger partial charge < -0.3 is 10.6 Å². The van der Waals surface area contributed by atoms with Crippen LogP contribution in [0.25, 0.3) is 0 Å². The highest BCUT2D eigenvalue weighted by molar-refractivity contribution is 7.89. The number of nitrogens with one attached hydrogen (secondary N) is 2. The number of hydrogen-bond donors (Lipinski definition) is 2. The molecule has 1 atom stereocenters. The fourth-order valence-electron chi connectivity index (χ4n) is 2.24. The predicted molar refractivity (Wildman–Crippen MR) is 83.3 cm³/mol. The number of carbonyl (C=O) groups excluding carboxylic acids is 1. The van der Waals surface area contributed by atoms with Gasteiger partial charge in [-0.3, -0.25) is 4.79 Å². The highest BCUT2D eigenvalue weighted by atomic mass is 35.5. The van der Waals surface area contributed by atoms with Crippen LogP contribution in [0.3, 0.4) is 0 Å². The van der Waals surface area contributed by atoms with Crippen molar-refractivity contribution in [2.24, 2.45) is 0 Å². The van der Waals surface area contributed by atoms with Gasteiger partial charge in [0.05, 0.1) is 4.90 Å². The van der Waals surface area contributed by atoms with Crippen molar-refractivity contribution in [2.45, 2.75) is 17.9 Å². The standard InChI is InChI=1S/C13H19N3O3S.ClH/c1-10-9-15-7-8-16(10)20(18,19)12-5-3-11(4-6-12)13(17)14-2;/h3-6,10,15H,7-9H2,1-2H3,(H,14,17);1H/t10-;/m1./s1. The molecule has 21 heavy (non-hydrogen) atoms. The Morgan fingerprint density at radius 3 is 2.48 bits per heavy atom. The second kappa shape index (κ2) is 7.22. The maximum atomic E-state index is 12.5. The number of nitrogens with zero attached hydrogens (tertiary/aromatic N) is 1. The summed E-state index contributed by atoms with van der Waals surface area (Å²) in [7, 11) is -1.96. The fraction of sp³-hybridized carbons (Fsp3) is 0.462. The Hall–Kier alpha value is -1.15. The number of hydrogen-bond acceptors (Lipinski definition) is 4. The van der Waals surface area contributed by atoms with Gasteiger partial charge in [0, 0.05) is 38.3 Å². The second-order valence-electron chi connectivity index (χ2n) is 4.77. The SMILES string of the molecule is CNC(=O)c1ccc(S(=O)(=O)N2CCNC[C@H]2C)cc1.Cl. The minimum Gasteiger partial charge on any atom is -0.355 e. The lowest BCUT2D eigenvalue weighted by molar-refractivity contribution is 0.0963. The van der Waals surface area contributed by atoms with Crippen LogP contribution in [0.15, 0.2) is 29.2 Å². The summed E-state index contributed by atoms with van der Waals surface area (Å²) in [6, 6.07) is 5.94. The first kappa shape index (κ1) is 17.9. The Bertz CT molecular complexity index is 589. The van der Waals surface area contributed by atoms with Gasteiger partial charge >= 0.3 is 0 Å². The lowest BCUT2D eigenvalue weighted by Crippen LogP contribution is -2.52. The van der Waals surface area contributed by atoms with Crippen molar-refractivity contribution in [3.8, 4) is 0 Å². The van der Waals surface area contributed by atoms with Crippen LogP contribution in [0.1, 0.15) is 17.3 Å². The molecule has 118 valence electrons. The third-order valence-corrected chi connectivity index (χ3v) is 5.42. The second-order valence-corrected chi connectivity index (χ2v) is 6.66. The molecule has 0 spiro atoms. The van der Waals surface area contributed by atoms with Crippen LogP contribution in [0.5, 0.6) is 0 Å². The monoisotopic (exact) mass is 333 g/mol. The van der Waals surface area contributed by atoms with E-state index in [1.807, 2.05) is 6.92 Å².